The zero-order valence-electron chi connectivity index (χ0n) is 19.3. The van der Waals surface area contributed by atoms with Crippen molar-refractivity contribution in [1.82, 2.24) is 5.32 Å². The Balaban J connectivity index is 1.57. The topological polar surface area (TPSA) is 71.6 Å². The first kappa shape index (κ1) is 22.0. The van der Waals surface area contributed by atoms with Crippen LogP contribution in [-0.2, 0) is 17.8 Å². The number of allylic oxidation sites excluding steroid dienone is 1. The first-order valence-corrected chi connectivity index (χ1v) is 11.2. The summed E-state index contributed by atoms with van der Waals surface area (Å²) < 4.78 is 25.7. The summed E-state index contributed by atoms with van der Waals surface area (Å²) in [5.41, 5.74) is 6.83. The number of carbonyl (C=O) groups is 1. The van der Waals surface area contributed by atoms with E-state index in [0.29, 0.717) is 39.4 Å². The van der Waals surface area contributed by atoms with Gasteiger partial charge >= 0.3 is 0 Å². The standard InChI is InChI=1S/C27H26FN3O3/c1-15(30-22-12-18-14-29-10-9-16(18)13-24(22)34-3)25-19-11-17(7-8-21(19)31-27(25)32)26-20(28)5-4-6-23(26)33-2/h4-8,11-13,29-30H,9-10,14H2,1-3H3,(H,31,32)/b25-15-. The van der Waals surface area contributed by atoms with Crippen LogP contribution in [0.4, 0.5) is 15.8 Å². The Kier molecular flexibility index (Phi) is 5.71. The number of halogens is 1. The summed E-state index contributed by atoms with van der Waals surface area (Å²) in [6.07, 6.45) is 0.949. The number of amides is 1. The number of ether oxygens (including phenoxy) is 2. The SMILES string of the molecule is COc1cc2c(cc1N/C(C)=C1\C(=O)Nc3ccc(-c4c(F)cccc4OC)cc31)CNCC2. The number of methoxy groups -OCH3 is 2. The minimum absolute atomic E-state index is 0.212. The molecule has 1 amide bonds. The molecule has 0 bridgehead atoms. The third kappa shape index (κ3) is 3.78. The van der Waals surface area contributed by atoms with Crippen molar-refractivity contribution in [2.75, 3.05) is 31.4 Å². The highest BCUT2D eigenvalue weighted by Gasteiger charge is 2.28. The smallest absolute Gasteiger partial charge is 0.258 e. The minimum atomic E-state index is -0.385. The summed E-state index contributed by atoms with van der Waals surface area (Å²) in [6, 6.07) is 14.2. The quantitative estimate of drug-likeness (QED) is 0.471. The molecule has 3 aromatic rings. The van der Waals surface area contributed by atoms with E-state index >= 15 is 0 Å². The number of fused-ring (bicyclic) bond motifs is 2. The van der Waals surface area contributed by atoms with E-state index in [1.165, 1.54) is 24.3 Å². The Morgan fingerprint density at radius 3 is 2.65 bits per heavy atom. The second kappa shape index (κ2) is 8.83. The lowest BCUT2D eigenvalue weighted by atomic mass is 9.97. The van der Waals surface area contributed by atoms with Crippen LogP contribution < -0.4 is 25.4 Å². The van der Waals surface area contributed by atoms with E-state index < -0.39 is 0 Å². The average molecular weight is 460 g/mol. The Bertz CT molecular complexity index is 1330. The summed E-state index contributed by atoms with van der Waals surface area (Å²) in [5, 5.41) is 9.68. The maximum absolute atomic E-state index is 14.7. The van der Waals surface area contributed by atoms with Crippen LogP contribution in [0.15, 0.2) is 54.2 Å². The highest BCUT2D eigenvalue weighted by atomic mass is 19.1. The van der Waals surface area contributed by atoms with Crippen LogP contribution >= 0.6 is 0 Å². The fourth-order valence-corrected chi connectivity index (χ4v) is 4.69. The van der Waals surface area contributed by atoms with Gasteiger partial charge in [0.2, 0.25) is 0 Å². The maximum Gasteiger partial charge on any atom is 0.258 e. The number of anilines is 2. The molecule has 6 nitrogen and oxygen atoms in total. The van der Waals surface area contributed by atoms with E-state index in [0.717, 1.165) is 30.9 Å². The summed E-state index contributed by atoms with van der Waals surface area (Å²) in [7, 11) is 3.15. The van der Waals surface area contributed by atoms with E-state index in [1.54, 1.807) is 31.4 Å². The van der Waals surface area contributed by atoms with Gasteiger partial charge in [-0.15, -0.1) is 0 Å². The molecule has 174 valence electrons. The molecule has 0 radical (unpaired) electrons. The number of benzene rings is 3. The molecule has 0 spiro atoms. The van der Waals surface area contributed by atoms with Crippen LogP contribution in [-0.4, -0.2) is 26.7 Å². The van der Waals surface area contributed by atoms with Crippen molar-refractivity contribution in [2.45, 2.75) is 19.9 Å². The molecule has 2 heterocycles. The van der Waals surface area contributed by atoms with Crippen molar-refractivity contribution in [3.05, 3.63) is 76.7 Å². The molecular formula is C27H26FN3O3. The van der Waals surface area contributed by atoms with E-state index in [9.17, 15) is 9.18 Å². The Labute approximate surface area is 197 Å². The van der Waals surface area contributed by atoms with Gasteiger partial charge in [0, 0.05) is 23.5 Å². The Hall–Kier alpha value is -3.84. The monoisotopic (exact) mass is 459 g/mol. The molecule has 7 heteroatoms. The predicted molar refractivity (Wildman–Crippen MR) is 132 cm³/mol. The maximum atomic E-state index is 14.7. The third-order valence-electron chi connectivity index (χ3n) is 6.35. The second-order valence-corrected chi connectivity index (χ2v) is 8.40. The van der Waals surface area contributed by atoms with Gasteiger partial charge in [-0.3, -0.25) is 4.79 Å². The largest absolute Gasteiger partial charge is 0.496 e. The fraction of sp³-hybridized carbons (Fsp3) is 0.222. The van der Waals surface area contributed by atoms with Gasteiger partial charge in [-0.1, -0.05) is 12.1 Å². The molecular weight excluding hydrogens is 433 g/mol. The molecule has 2 aliphatic rings. The van der Waals surface area contributed by atoms with Gasteiger partial charge in [0.15, 0.2) is 0 Å². The summed E-state index contributed by atoms with van der Waals surface area (Å²) in [6.45, 7) is 3.59. The van der Waals surface area contributed by atoms with Gasteiger partial charge in [-0.25, -0.2) is 4.39 Å². The van der Waals surface area contributed by atoms with Crippen molar-refractivity contribution in [2.24, 2.45) is 0 Å². The molecule has 0 aromatic heterocycles. The summed E-state index contributed by atoms with van der Waals surface area (Å²) in [4.78, 5) is 12.9. The van der Waals surface area contributed by atoms with Crippen molar-refractivity contribution < 1.29 is 18.7 Å². The molecule has 0 unspecified atom stereocenters. The van der Waals surface area contributed by atoms with E-state index in [4.69, 9.17) is 9.47 Å². The number of hydrogen-bond acceptors (Lipinski definition) is 5. The van der Waals surface area contributed by atoms with Crippen LogP contribution in [0.25, 0.3) is 16.7 Å². The molecule has 0 aliphatic carbocycles. The zero-order chi connectivity index (χ0) is 23.8. The molecule has 0 saturated carbocycles. The molecule has 2 aliphatic heterocycles. The van der Waals surface area contributed by atoms with Crippen LogP contribution in [0.3, 0.4) is 0 Å². The summed E-state index contributed by atoms with van der Waals surface area (Å²) >= 11 is 0. The first-order chi connectivity index (χ1) is 16.5. The van der Waals surface area contributed by atoms with Crippen molar-refractivity contribution in [1.29, 1.82) is 0 Å². The predicted octanol–water partition coefficient (Wildman–Crippen LogP) is 4.95. The van der Waals surface area contributed by atoms with Crippen molar-refractivity contribution in [3.8, 4) is 22.6 Å². The second-order valence-electron chi connectivity index (χ2n) is 8.40. The van der Waals surface area contributed by atoms with E-state index in [1.807, 2.05) is 13.0 Å². The number of nitrogens with one attached hydrogen (secondary N) is 3. The molecule has 34 heavy (non-hydrogen) atoms. The molecule has 0 saturated heterocycles. The molecule has 0 atom stereocenters. The van der Waals surface area contributed by atoms with Crippen LogP contribution in [0.1, 0.15) is 23.6 Å². The number of rotatable bonds is 5. The lowest BCUT2D eigenvalue weighted by molar-refractivity contribution is -0.110. The third-order valence-corrected chi connectivity index (χ3v) is 6.35. The van der Waals surface area contributed by atoms with Gasteiger partial charge in [-0.05, 0) is 73.0 Å². The van der Waals surface area contributed by atoms with Crippen LogP contribution in [0, 0.1) is 5.82 Å². The van der Waals surface area contributed by atoms with Gasteiger partial charge in [-0.2, -0.15) is 0 Å². The van der Waals surface area contributed by atoms with Gasteiger partial charge in [0.1, 0.15) is 17.3 Å². The fourth-order valence-electron chi connectivity index (χ4n) is 4.69. The number of carbonyl (C=O) groups excluding carboxylic acids is 1. The highest BCUT2D eigenvalue weighted by molar-refractivity contribution is 6.32. The lowest BCUT2D eigenvalue weighted by Gasteiger charge is -2.21. The van der Waals surface area contributed by atoms with Gasteiger partial charge in [0.25, 0.3) is 5.91 Å². The van der Waals surface area contributed by atoms with E-state index in [-0.39, 0.29) is 11.7 Å². The van der Waals surface area contributed by atoms with Crippen LogP contribution in [0.2, 0.25) is 0 Å². The Morgan fingerprint density at radius 2 is 1.85 bits per heavy atom. The van der Waals surface area contributed by atoms with Crippen molar-refractivity contribution in [3.63, 3.8) is 0 Å². The van der Waals surface area contributed by atoms with Crippen molar-refractivity contribution >= 4 is 22.9 Å². The van der Waals surface area contributed by atoms with Crippen LogP contribution in [0.5, 0.6) is 11.5 Å². The van der Waals surface area contributed by atoms with Gasteiger partial charge in [0.05, 0.1) is 31.0 Å². The normalized spacial score (nSPS) is 15.8. The molecule has 3 aromatic carbocycles. The highest BCUT2D eigenvalue weighted by Crippen LogP contribution is 2.41. The molecule has 0 fully saturated rings. The van der Waals surface area contributed by atoms with Gasteiger partial charge < -0.3 is 25.4 Å². The summed E-state index contributed by atoms with van der Waals surface area (Å²) in [5.74, 6) is 0.565. The average Bonchev–Trinajstić information content (AvgIpc) is 3.18. The minimum Gasteiger partial charge on any atom is -0.496 e. The molecule has 3 N–H and O–H groups in total. The lowest BCUT2D eigenvalue weighted by Crippen LogP contribution is -2.23. The zero-order valence-corrected chi connectivity index (χ0v) is 19.3. The Morgan fingerprint density at radius 1 is 1.03 bits per heavy atom. The first-order valence-electron chi connectivity index (χ1n) is 11.2. The van der Waals surface area contributed by atoms with E-state index in [2.05, 4.69) is 28.1 Å². The molecule has 5 rings (SSSR count). The number of hydrogen-bond donors (Lipinski definition) is 3.